The summed E-state index contributed by atoms with van der Waals surface area (Å²) in [5, 5.41) is 19.3. The molecule has 0 atom stereocenters. The third-order valence-corrected chi connectivity index (χ3v) is 5.25. The minimum absolute atomic E-state index is 0.212. The number of fused-ring (bicyclic) bond motifs is 1. The van der Waals surface area contributed by atoms with Crippen LogP contribution in [0.3, 0.4) is 0 Å². The summed E-state index contributed by atoms with van der Waals surface area (Å²) in [6, 6.07) is 11.5. The van der Waals surface area contributed by atoms with Gasteiger partial charge in [0.15, 0.2) is 10.8 Å². The van der Waals surface area contributed by atoms with E-state index >= 15 is 0 Å². The quantitative estimate of drug-likeness (QED) is 0.273. The summed E-state index contributed by atoms with van der Waals surface area (Å²) in [4.78, 5) is 21.7. The fraction of sp³-hybridized carbons (Fsp3) is 0.286. The number of aromatic amines is 1. The average molecular weight is 437 g/mol. The molecule has 31 heavy (non-hydrogen) atoms. The zero-order valence-corrected chi connectivity index (χ0v) is 18.2. The van der Waals surface area contributed by atoms with Gasteiger partial charge in [-0.25, -0.2) is 14.6 Å². The van der Waals surface area contributed by atoms with Crippen LogP contribution >= 0.6 is 11.8 Å². The third-order valence-electron chi connectivity index (χ3n) is 4.70. The number of amides is 1. The van der Waals surface area contributed by atoms with Gasteiger partial charge in [0.1, 0.15) is 11.5 Å². The molecule has 3 heterocycles. The Bertz CT molecular complexity index is 1170. The molecule has 0 spiro atoms. The van der Waals surface area contributed by atoms with Gasteiger partial charge in [-0.3, -0.25) is 9.89 Å². The van der Waals surface area contributed by atoms with Crippen molar-refractivity contribution in [2.75, 3.05) is 24.7 Å². The Kier molecular flexibility index (Phi) is 6.46. The number of carbonyl (C=O) groups excluding carboxylic acids is 1. The van der Waals surface area contributed by atoms with E-state index in [1.165, 1.54) is 11.8 Å². The molecular weight excluding hydrogens is 412 g/mol. The van der Waals surface area contributed by atoms with Crippen molar-refractivity contribution in [2.24, 2.45) is 0 Å². The predicted molar refractivity (Wildman–Crippen MR) is 122 cm³/mol. The van der Waals surface area contributed by atoms with Crippen molar-refractivity contribution in [1.29, 1.82) is 0 Å². The van der Waals surface area contributed by atoms with Crippen LogP contribution in [-0.2, 0) is 6.54 Å². The van der Waals surface area contributed by atoms with Crippen LogP contribution in [0.15, 0.2) is 47.8 Å². The van der Waals surface area contributed by atoms with Crippen molar-refractivity contribution in [2.45, 2.75) is 25.0 Å². The third kappa shape index (κ3) is 4.69. The Morgan fingerprint density at radius 3 is 2.81 bits per heavy atom. The minimum atomic E-state index is -0.212. The Morgan fingerprint density at radius 1 is 1.19 bits per heavy atom. The highest BCUT2D eigenvalue weighted by Gasteiger charge is 2.14. The van der Waals surface area contributed by atoms with Crippen LogP contribution in [0, 0.1) is 0 Å². The molecule has 0 unspecified atom stereocenters. The molecule has 0 saturated carbocycles. The molecule has 3 N–H and O–H groups in total. The largest absolute Gasteiger partial charge is 0.369 e. The summed E-state index contributed by atoms with van der Waals surface area (Å²) in [5.74, 6) is 0.577. The molecule has 4 rings (SSSR count). The van der Waals surface area contributed by atoms with E-state index in [9.17, 15) is 4.79 Å². The lowest BCUT2D eigenvalue weighted by Crippen LogP contribution is -2.27. The van der Waals surface area contributed by atoms with Crippen LogP contribution < -0.4 is 10.6 Å². The normalized spacial score (nSPS) is 11.0. The molecule has 0 radical (unpaired) electrons. The molecule has 0 bridgehead atoms. The molecular formula is C21H24N8OS. The molecule has 0 saturated heterocycles. The number of benzene rings is 1. The highest BCUT2D eigenvalue weighted by molar-refractivity contribution is 7.98. The summed E-state index contributed by atoms with van der Waals surface area (Å²) in [5.41, 5.74) is 2.86. The van der Waals surface area contributed by atoms with Crippen LogP contribution in [0.2, 0.25) is 0 Å². The Morgan fingerprint density at radius 2 is 2.03 bits per heavy atom. The van der Waals surface area contributed by atoms with E-state index in [0.717, 1.165) is 41.1 Å². The van der Waals surface area contributed by atoms with Crippen LogP contribution in [0.1, 0.15) is 23.8 Å². The first-order chi connectivity index (χ1) is 15.2. The van der Waals surface area contributed by atoms with Gasteiger partial charge in [-0.05, 0) is 18.7 Å². The molecule has 4 aromatic rings. The second kappa shape index (κ2) is 9.61. The monoisotopic (exact) mass is 436 g/mol. The fourth-order valence-electron chi connectivity index (χ4n) is 3.13. The lowest BCUT2D eigenvalue weighted by Gasteiger charge is -2.08. The van der Waals surface area contributed by atoms with Crippen LogP contribution in [0.5, 0.6) is 0 Å². The van der Waals surface area contributed by atoms with Gasteiger partial charge in [-0.1, -0.05) is 49.0 Å². The van der Waals surface area contributed by atoms with Gasteiger partial charge in [0.25, 0.3) is 5.91 Å². The molecule has 1 amide bonds. The van der Waals surface area contributed by atoms with E-state index in [1.807, 2.05) is 36.6 Å². The lowest BCUT2D eigenvalue weighted by atomic mass is 10.1. The second-order valence-electron chi connectivity index (χ2n) is 6.88. The highest BCUT2D eigenvalue weighted by Crippen LogP contribution is 2.23. The maximum absolute atomic E-state index is 12.5. The number of hydrogen-bond donors (Lipinski definition) is 3. The van der Waals surface area contributed by atoms with E-state index in [2.05, 4.69) is 42.8 Å². The molecule has 10 heteroatoms. The van der Waals surface area contributed by atoms with Gasteiger partial charge >= 0.3 is 0 Å². The van der Waals surface area contributed by atoms with E-state index in [1.54, 1.807) is 16.9 Å². The number of aromatic nitrogens is 6. The number of nitrogens with one attached hydrogen (secondary N) is 3. The van der Waals surface area contributed by atoms with Crippen molar-refractivity contribution in [1.82, 2.24) is 35.3 Å². The second-order valence-corrected chi connectivity index (χ2v) is 7.65. The zero-order chi connectivity index (χ0) is 21.6. The Hall–Kier alpha value is -3.40. The molecule has 3 aromatic heterocycles. The van der Waals surface area contributed by atoms with Gasteiger partial charge < -0.3 is 10.6 Å². The first kappa shape index (κ1) is 20.9. The van der Waals surface area contributed by atoms with Gasteiger partial charge in [0.05, 0.1) is 23.8 Å². The standard InChI is InChI=1S/C21H24N8OS/c1-3-9-22-18-15-13-24-29(19(15)26-21(25-18)31-2)11-10-23-20(30)17-12-16(27-28-17)14-7-5-4-6-8-14/h4-8,12-13H,3,9-11H2,1-2H3,(H,23,30)(H,27,28)(H,22,25,26). The lowest BCUT2D eigenvalue weighted by molar-refractivity contribution is 0.0947. The number of nitrogens with zero attached hydrogens (tertiary/aromatic N) is 5. The Labute approximate surface area is 184 Å². The van der Waals surface area contributed by atoms with Crippen LogP contribution in [-0.4, -0.2) is 55.2 Å². The van der Waals surface area contributed by atoms with Crippen LogP contribution in [0.25, 0.3) is 22.3 Å². The summed E-state index contributed by atoms with van der Waals surface area (Å²) >= 11 is 1.49. The van der Waals surface area contributed by atoms with Crippen molar-refractivity contribution in [3.8, 4) is 11.3 Å². The minimum Gasteiger partial charge on any atom is -0.369 e. The average Bonchev–Trinajstić information content (AvgIpc) is 3.46. The topological polar surface area (TPSA) is 113 Å². The molecule has 9 nitrogen and oxygen atoms in total. The molecule has 0 aliphatic carbocycles. The first-order valence-electron chi connectivity index (χ1n) is 10.1. The SMILES string of the molecule is CCCNc1nc(SC)nc2c1cnn2CCNC(=O)c1cc(-c2ccccc2)n[nH]1. The summed E-state index contributed by atoms with van der Waals surface area (Å²) in [6.07, 6.45) is 4.71. The predicted octanol–water partition coefficient (Wildman–Crippen LogP) is 3.19. The molecule has 1 aromatic carbocycles. The highest BCUT2D eigenvalue weighted by atomic mass is 32.2. The van der Waals surface area contributed by atoms with E-state index in [-0.39, 0.29) is 5.91 Å². The zero-order valence-electron chi connectivity index (χ0n) is 17.4. The first-order valence-corrected chi connectivity index (χ1v) is 11.3. The van der Waals surface area contributed by atoms with Crippen molar-refractivity contribution in [3.05, 3.63) is 48.3 Å². The fourth-order valence-corrected chi connectivity index (χ4v) is 3.49. The van der Waals surface area contributed by atoms with Gasteiger partial charge in [-0.15, -0.1) is 0 Å². The van der Waals surface area contributed by atoms with Gasteiger partial charge in [-0.2, -0.15) is 10.2 Å². The number of thioether (sulfide) groups is 1. The van der Waals surface area contributed by atoms with E-state index < -0.39 is 0 Å². The van der Waals surface area contributed by atoms with Gasteiger partial charge in [0, 0.05) is 18.7 Å². The summed E-state index contributed by atoms with van der Waals surface area (Å²) in [7, 11) is 0. The summed E-state index contributed by atoms with van der Waals surface area (Å²) in [6.45, 7) is 3.84. The summed E-state index contributed by atoms with van der Waals surface area (Å²) < 4.78 is 1.79. The number of anilines is 1. The molecule has 160 valence electrons. The van der Waals surface area contributed by atoms with E-state index in [4.69, 9.17) is 0 Å². The number of carbonyl (C=O) groups is 1. The molecule has 0 aliphatic rings. The van der Waals surface area contributed by atoms with Crippen molar-refractivity contribution >= 4 is 34.5 Å². The number of rotatable bonds is 9. The number of hydrogen-bond acceptors (Lipinski definition) is 7. The van der Waals surface area contributed by atoms with E-state index in [0.29, 0.717) is 23.9 Å². The number of H-pyrrole nitrogens is 1. The van der Waals surface area contributed by atoms with Gasteiger partial charge in [0.2, 0.25) is 0 Å². The smallest absolute Gasteiger partial charge is 0.269 e. The molecule has 0 fully saturated rings. The maximum Gasteiger partial charge on any atom is 0.269 e. The molecule has 0 aliphatic heterocycles. The van der Waals surface area contributed by atoms with Crippen LogP contribution in [0.4, 0.5) is 5.82 Å². The Balaban J connectivity index is 1.42. The maximum atomic E-state index is 12.5. The van der Waals surface area contributed by atoms with Crippen molar-refractivity contribution in [3.63, 3.8) is 0 Å². The van der Waals surface area contributed by atoms with Crippen molar-refractivity contribution < 1.29 is 4.79 Å².